The lowest BCUT2D eigenvalue weighted by Gasteiger charge is -2.21. The molecule has 5 nitrogen and oxygen atoms in total. The lowest BCUT2D eigenvalue weighted by atomic mass is 9.92. The number of carbonyl (C=O) groups excluding carboxylic acids is 1. The molecule has 2 N–H and O–H groups in total. The monoisotopic (exact) mass is 204 g/mol. The summed E-state index contributed by atoms with van der Waals surface area (Å²) in [5, 5.41) is 18.9. The summed E-state index contributed by atoms with van der Waals surface area (Å²) in [5.41, 5.74) is 0. The Hall–Kier alpha value is -0.650. The first-order valence-corrected chi connectivity index (χ1v) is 4.60. The van der Waals surface area contributed by atoms with Gasteiger partial charge in [0.25, 0.3) is 0 Å². The maximum absolute atomic E-state index is 11.0. The van der Waals surface area contributed by atoms with Crippen LogP contribution in [0.2, 0.25) is 0 Å². The Balaban J connectivity index is 2.56. The summed E-state index contributed by atoms with van der Waals surface area (Å²) in [7, 11) is 1.30. The Bertz CT molecular complexity index is 203. The van der Waals surface area contributed by atoms with E-state index < -0.39 is 30.2 Å². The first kappa shape index (κ1) is 11.4. The van der Waals surface area contributed by atoms with Gasteiger partial charge in [0, 0.05) is 5.92 Å². The second-order valence-corrected chi connectivity index (χ2v) is 3.54. The summed E-state index contributed by atoms with van der Waals surface area (Å²) in [6.07, 6.45) is -1.77. The van der Waals surface area contributed by atoms with Gasteiger partial charge in [-0.3, -0.25) is 4.79 Å². The molecule has 0 unspecified atom stereocenters. The minimum absolute atomic E-state index is 0.0725. The Kier molecular flexibility index (Phi) is 3.86. The van der Waals surface area contributed by atoms with Crippen molar-refractivity contribution in [3.8, 4) is 0 Å². The molecule has 82 valence electrons. The topological polar surface area (TPSA) is 76.0 Å². The normalized spacial score (nSPS) is 34.1. The van der Waals surface area contributed by atoms with Crippen molar-refractivity contribution in [1.29, 1.82) is 0 Å². The average molecular weight is 204 g/mol. The molecule has 0 aliphatic carbocycles. The fourth-order valence-electron chi connectivity index (χ4n) is 1.77. The van der Waals surface area contributed by atoms with Crippen molar-refractivity contribution >= 4 is 5.97 Å². The largest absolute Gasteiger partial charge is 0.469 e. The van der Waals surface area contributed by atoms with Crippen LogP contribution in [0.25, 0.3) is 0 Å². The molecule has 0 spiro atoms. The van der Waals surface area contributed by atoms with Crippen LogP contribution >= 0.6 is 0 Å². The highest BCUT2D eigenvalue weighted by atomic mass is 16.5. The Labute approximate surface area is 82.6 Å². The quantitative estimate of drug-likeness (QED) is 0.595. The number of hydrogen-bond donors (Lipinski definition) is 2. The van der Waals surface area contributed by atoms with Crippen molar-refractivity contribution in [2.24, 2.45) is 5.92 Å². The van der Waals surface area contributed by atoms with Gasteiger partial charge in [0.1, 0.15) is 0 Å². The fourth-order valence-corrected chi connectivity index (χ4v) is 1.77. The number of carbonyl (C=O) groups is 1. The summed E-state index contributed by atoms with van der Waals surface area (Å²) in [6, 6.07) is 0. The SMILES string of the molecule is COC(=O)C[C@H]1OC[C@H](O)[C@H]1[C@H](C)O. The Morgan fingerprint density at radius 2 is 2.36 bits per heavy atom. The average Bonchev–Trinajstić information content (AvgIpc) is 2.46. The van der Waals surface area contributed by atoms with Crippen LogP contribution < -0.4 is 0 Å². The van der Waals surface area contributed by atoms with E-state index in [9.17, 15) is 15.0 Å². The smallest absolute Gasteiger partial charge is 0.308 e. The van der Waals surface area contributed by atoms with Crippen molar-refractivity contribution in [3.05, 3.63) is 0 Å². The predicted octanol–water partition coefficient (Wildman–Crippen LogP) is -0.694. The van der Waals surface area contributed by atoms with Crippen LogP contribution in [-0.4, -0.2) is 48.2 Å². The van der Waals surface area contributed by atoms with Crippen molar-refractivity contribution in [2.45, 2.75) is 31.7 Å². The zero-order chi connectivity index (χ0) is 10.7. The van der Waals surface area contributed by atoms with E-state index in [2.05, 4.69) is 4.74 Å². The zero-order valence-electron chi connectivity index (χ0n) is 8.34. The molecule has 1 saturated heterocycles. The van der Waals surface area contributed by atoms with Crippen LogP contribution in [0.4, 0.5) is 0 Å². The van der Waals surface area contributed by atoms with Crippen LogP contribution in [0, 0.1) is 5.92 Å². The molecule has 0 aromatic rings. The van der Waals surface area contributed by atoms with Crippen LogP contribution in [-0.2, 0) is 14.3 Å². The van der Waals surface area contributed by atoms with Crippen LogP contribution in [0.15, 0.2) is 0 Å². The maximum Gasteiger partial charge on any atom is 0.308 e. The molecule has 1 aliphatic heterocycles. The lowest BCUT2D eigenvalue weighted by Crippen LogP contribution is -2.34. The predicted molar refractivity (Wildman–Crippen MR) is 47.6 cm³/mol. The van der Waals surface area contributed by atoms with Crippen molar-refractivity contribution < 1.29 is 24.5 Å². The van der Waals surface area contributed by atoms with Gasteiger partial charge < -0.3 is 19.7 Å². The molecule has 1 fully saturated rings. The number of rotatable bonds is 3. The number of methoxy groups -OCH3 is 1. The molecule has 0 bridgehead atoms. The van der Waals surface area contributed by atoms with E-state index in [1.807, 2.05) is 0 Å². The van der Waals surface area contributed by atoms with E-state index in [4.69, 9.17) is 4.74 Å². The molecule has 1 rings (SSSR count). The molecule has 4 atom stereocenters. The van der Waals surface area contributed by atoms with E-state index in [-0.39, 0.29) is 13.0 Å². The molecule has 14 heavy (non-hydrogen) atoms. The Morgan fingerprint density at radius 1 is 1.71 bits per heavy atom. The number of aliphatic hydroxyl groups is 2. The van der Waals surface area contributed by atoms with Gasteiger partial charge in [-0.25, -0.2) is 0 Å². The van der Waals surface area contributed by atoms with E-state index in [1.54, 1.807) is 6.92 Å². The molecule has 0 aromatic heterocycles. The second kappa shape index (κ2) is 4.72. The van der Waals surface area contributed by atoms with E-state index in [1.165, 1.54) is 7.11 Å². The van der Waals surface area contributed by atoms with Gasteiger partial charge in [0.2, 0.25) is 0 Å². The standard InChI is InChI=1S/C9H16O5/c1-5(10)9-6(11)4-14-7(9)3-8(12)13-2/h5-7,9-11H,3-4H2,1-2H3/t5-,6-,7+,9+/m0/s1. The summed E-state index contributed by atoms with van der Waals surface area (Å²) < 4.78 is 9.69. The van der Waals surface area contributed by atoms with Crippen molar-refractivity contribution in [2.75, 3.05) is 13.7 Å². The van der Waals surface area contributed by atoms with Crippen molar-refractivity contribution in [1.82, 2.24) is 0 Å². The first-order chi connectivity index (χ1) is 6.56. The summed E-state index contributed by atoms with van der Waals surface area (Å²) >= 11 is 0. The first-order valence-electron chi connectivity index (χ1n) is 4.60. The molecule has 5 heteroatoms. The molecule has 1 aliphatic rings. The summed E-state index contributed by atoms with van der Waals surface area (Å²) in [5.74, 6) is -0.802. The maximum atomic E-state index is 11.0. The van der Waals surface area contributed by atoms with Crippen LogP contribution in [0.5, 0.6) is 0 Å². The van der Waals surface area contributed by atoms with Crippen molar-refractivity contribution in [3.63, 3.8) is 0 Å². The Morgan fingerprint density at radius 3 is 2.86 bits per heavy atom. The van der Waals surface area contributed by atoms with E-state index in [0.717, 1.165) is 0 Å². The lowest BCUT2D eigenvalue weighted by molar-refractivity contribution is -0.144. The minimum Gasteiger partial charge on any atom is -0.469 e. The minimum atomic E-state index is -0.704. The number of ether oxygens (including phenoxy) is 2. The van der Waals surface area contributed by atoms with Crippen LogP contribution in [0.1, 0.15) is 13.3 Å². The van der Waals surface area contributed by atoms with Gasteiger partial charge in [-0.1, -0.05) is 0 Å². The zero-order valence-corrected chi connectivity index (χ0v) is 8.34. The summed E-state index contributed by atoms with van der Waals surface area (Å²) in [6.45, 7) is 1.74. The van der Waals surface area contributed by atoms with Gasteiger partial charge in [-0.15, -0.1) is 0 Å². The molecular weight excluding hydrogens is 188 g/mol. The number of hydrogen-bond acceptors (Lipinski definition) is 5. The third kappa shape index (κ3) is 2.43. The highest BCUT2D eigenvalue weighted by molar-refractivity contribution is 5.69. The third-order valence-corrected chi connectivity index (χ3v) is 2.51. The molecule has 1 heterocycles. The molecule has 0 saturated carbocycles. The summed E-state index contributed by atoms with van der Waals surface area (Å²) in [4.78, 5) is 11.0. The fraction of sp³-hybridized carbons (Fsp3) is 0.889. The number of aliphatic hydroxyl groups excluding tert-OH is 2. The van der Waals surface area contributed by atoms with E-state index >= 15 is 0 Å². The molecule has 0 radical (unpaired) electrons. The van der Waals surface area contributed by atoms with Gasteiger partial charge in [-0.05, 0) is 6.92 Å². The van der Waals surface area contributed by atoms with Gasteiger partial charge >= 0.3 is 5.97 Å². The number of esters is 1. The third-order valence-electron chi connectivity index (χ3n) is 2.51. The molecular formula is C9H16O5. The highest BCUT2D eigenvalue weighted by Gasteiger charge is 2.40. The van der Waals surface area contributed by atoms with E-state index in [0.29, 0.717) is 0 Å². The molecule has 0 aromatic carbocycles. The second-order valence-electron chi connectivity index (χ2n) is 3.54. The van der Waals surface area contributed by atoms with Gasteiger partial charge in [-0.2, -0.15) is 0 Å². The van der Waals surface area contributed by atoms with Crippen LogP contribution in [0.3, 0.4) is 0 Å². The van der Waals surface area contributed by atoms with Gasteiger partial charge in [0.05, 0.1) is 38.4 Å². The molecule has 0 amide bonds. The highest BCUT2D eigenvalue weighted by Crippen LogP contribution is 2.27. The van der Waals surface area contributed by atoms with Gasteiger partial charge in [0.15, 0.2) is 0 Å².